The van der Waals surface area contributed by atoms with Gasteiger partial charge in [0.05, 0.1) is 6.04 Å². The van der Waals surface area contributed by atoms with Gasteiger partial charge in [0.2, 0.25) is 5.89 Å². The lowest BCUT2D eigenvalue weighted by Gasteiger charge is -2.02. The first-order valence-electron chi connectivity index (χ1n) is 4.30. The van der Waals surface area contributed by atoms with Gasteiger partial charge < -0.3 is 15.0 Å². The summed E-state index contributed by atoms with van der Waals surface area (Å²) in [5, 5.41) is 3.76. The van der Waals surface area contributed by atoms with Gasteiger partial charge in [-0.3, -0.25) is 0 Å². The largest absolute Gasteiger partial charge is 0.374 e. The maximum absolute atomic E-state index is 5.71. The van der Waals surface area contributed by atoms with E-state index in [2.05, 4.69) is 10.1 Å². The first kappa shape index (κ1) is 10.1. The van der Waals surface area contributed by atoms with Crippen molar-refractivity contribution in [3.63, 3.8) is 0 Å². The molecule has 74 valence electrons. The Hall–Kier alpha value is -0.940. The maximum Gasteiger partial charge on any atom is 0.243 e. The summed E-state index contributed by atoms with van der Waals surface area (Å²) in [7, 11) is 1.60. The second-order valence-corrected chi connectivity index (χ2v) is 2.88. The Morgan fingerprint density at radius 1 is 1.62 bits per heavy atom. The van der Waals surface area contributed by atoms with E-state index < -0.39 is 0 Å². The molecule has 0 aliphatic carbocycles. The van der Waals surface area contributed by atoms with Crippen molar-refractivity contribution in [2.24, 2.45) is 5.73 Å². The minimum Gasteiger partial charge on any atom is -0.374 e. The third kappa shape index (κ3) is 2.26. The molecule has 1 aromatic rings. The lowest BCUT2D eigenvalue weighted by molar-refractivity contribution is 0.109. The fraction of sp³-hybridized carbons (Fsp3) is 0.750. The molecule has 1 heterocycles. The summed E-state index contributed by atoms with van der Waals surface area (Å²) >= 11 is 0. The van der Waals surface area contributed by atoms with Crippen LogP contribution in [-0.2, 0) is 4.74 Å². The average molecular weight is 185 g/mol. The summed E-state index contributed by atoms with van der Waals surface area (Å²) in [5.74, 6) is 1.02. The highest BCUT2D eigenvalue weighted by Gasteiger charge is 2.16. The summed E-state index contributed by atoms with van der Waals surface area (Å²) in [6.07, 6.45) is 0.629. The summed E-state index contributed by atoms with van der Waals surface area (Å²) in [6.45, 7) is 3.82. The van der Waals surface area contributed by atoms with Crippen LogP contribution in [0.25, 0.3) is 0 Å². The van der Waals surface area contributed by atoms with Crippen molar-refractivity contribution in [3.8, 4) is 0 Å². The van der Waals surface area contributed by atoms with Gasteiger partial charge in [0.15, 0.2) is 5.82 Å². The van der Waals surface area contributed by atoms with Crippen LogP contribution in [0.15, 0.2) is 4.52 Å². The Bertz CT molecular complexity index is 237. The molecule has 0 amide bonds. The van der Waals surface area contributed by atoms with Gasteiger partial charge in [-0.2, -0.15) is 4.98 Å². The van der Waals surface area contributed by atoms with E-state index >= 15 is 0 Å². The van der Waals surface area contributed by atoms with Gasteiger partial charge in [0.25, 0.3) is 0 Å². The van der Waals surface area contributed by atoms with Crippen molar-refractivity contribution in [2.75, 3.05) is 7.11 Å². The van der Waals surface area contributed by atoms with Gasteiger partial charge >= 0.3 is 0 Å². The Labute approximate surface area is 77.3 Å². The molecule has 5 nitrogen and oxygen atoms in total. The van der Waals surface area contributed by atoms with Gasteiger partial charge in [0, 0.05) is 7.11 Å². The summed E-state index contributed by atoms with van der Waals surface area (Å²) in [4.78, 5) is 4.12. The van der Waals surface area contributed by atoms with E-state index in [1.165, 1.54) is 0 Å². The number of ether oxygens (including phenoxy) is 1. The molecule has 2 atom stereocenters. The molecule has 0 aliphatic rings. The van der Waals surface area contributed by atoms with Gasteiger partial charge in [0.1, 0.15) is 6.10 Å². The lowest BCUT2D eigenvalue weighted by atomic mass is 10.2. The van der Waals surface area contributed by atoms with Crippen LogP contribution in [0, 0.1) is 0 Å². The van der Waals surface area contributed by atoms with E-state index in [9.17, 15) is 0 Å². The zero-order chi connectivity index (χ0) is 9.84. The van der Waals surface area contributed by atoms with E-state index in [1.54, 1.807) is 7.11 Å². The second-order valence-electron chi connectivity index (χ2n) is 2.88. The molecule has 0 spiro atoms. The molecular formula is C8H15N3O2. The standard InChI is InChI=1S/C8H15N3O2/c1-4-6(9)8-10-7(11-13-8)5(2)12-3/h5-6H,4,9H2,1-3H3/t5?,6-/m0/s1. The normalized spacial score (nSPS) is 15.7. The molecule has 5 heteroatoms. The highest BCUT2D eigenvalue weighted by molar-refractivity contribution is 4.93. The molecule has 13 heavy (non-hydrogen) atoms. The molecule has 1 rings (SSSR count). The van der Waals surface area contributed by atoms with Crippen LogP contribution < -0.4 is 5.73 Å². The predicted molar refractivity (Wildman–Crippen MR) is 46.9 cm³/mol. The maximum atomic E-state index is 5.71. The van der Waals surface area contributed by atoms with Crippen molar-refractivity contribution in [1.29, 1.82) is 0 Å². The molecule has 1 aromatic heterocycles. The van der Waals surface area contributed by atoms with Crippen LogP contribution in [0.2, 0.25) is 0 Å². The molecule has 0 aliphatic heterocycles. The Morgan fingerprint density at radius 2 is 2.31 bits per heavy atom. The van der Waals surface area contributed by atoms with Gasteiger partial charge in [-0.05, 0) is 13.3 Å². The zero-order valence-electron chi connectivity index (χ0n) is 8.15. The number of nitrogens with two attached hydrogens (primary N) is 1. The average Bonchev–Trinajstić information content (AvgIpc) is 2.64. The third-order valence-electron chi connectivity index (χ3n) is 1.93. The molecule has 0 radical (unpaired) electrons. The summed E-state index contributed by atoms with van der Waals surface area (Å²) in [6, 6.07) is -0.176. The zero-order valence-corrected chi connectivity index (χ0v) is 8.15. The minimum atomic E-state index is -0.176. The number of methoxy groups -OCH3 is 1. The van der Waals surface area contributed by atoms with E-state index in [-0.39, 0.29) is 12.1 Å². The Balaban J connectivity index is 2.74. The van der Waals surface area contributed by atoms with Crippen molar-refractivity contribution in [1.82, 2.24) is 10.1 Å². The predicted octanol–water partition coefficient (Wildman–Crippen LogP) is 1.19. The van der Waals surface area contributed by atoms with Crippen molar-refractivity contribution in [2.45, 2.75) is 32.4 Å². The second kappa shape index (κ2) is 4.34. The third-order valence-corrected chi connectivity index (χ3v) is 1.93. The van der Waals surface area contributed by atoms with E-state index in [0.717, 1.165) is 6.42 Å². The molecule has 0 aromatic carbocycles. The number of hydrogen-bond donors (Lipinski definition) is 1. The molecule has 0 saturated heterocycles. The molecule has 1 unspecified atom stereocenters. The van der Waals surface area contributed by atoms with Gasteiger partial charge in [-0.1, -0.05) is 12.1 Å². The number of aromatic nitrogens is 2. The van der Waals surface area contributed by atoms with Crippen LogP contribution in [-0.4, -0.2) is 17.3 Å². The van der Waals surface area contributed by atoms with Gasteiger partial charge in [-0.15, -0.1) is 0 Å². The monoisotopic (exact) mass is 185 g/mol. The molecular weight excluding hydrogens is 170 g/mol. The van der Waals surface area contributed by atoms with Crippen molar-refractivity contribution < 1.29 is 9.26 Å². The quantitative estimate of drug-likeness (QED) is 0.762. The summed E-state index contributed by atoms with van der Waals surface area (Å²) < 4.78 is 10.0. The van der Waals surface area contributed by atoms with Crippen LogP contribution in [0.4, 0.5) is 0 Å². The fourth-order valence-electron chi connectivity index (χ4n) is 0.843. The molecule has 2 N–H and O–H groups in total. The first-order valence-corrected chi connectivity index (χ1v) is 4.30. The van der Waals surface area contributed by atoms with Crippen molar-refractivity contribution >= 4 is 0 Å². The first-order chi connectivity index (χ1) is 6.19. The highest BCUT2D eigenvalue weighted by atomic mass is 16.5. The van der Waals surface area contributed by atoms with Crippen LogP contribution in [0.5, 0.6) is 0 Å². The molecule has 0 fully saturated rings. The number of nitrogens with zero attached hydrogens (tertiary/aromatic N) is 2. The van der Waals surface area contributed by atoms with E-state index in [4.69, 9.17) is 15.0 Å². The lowest BCUT2D eigenvalue weighted by Crippen LogP contribution is -2.09. The Kier molecular flexibility index (Phi) is 3.39. The summed E-state index contributed by atoms with van der Waals surface area (Å²) in [5.41, 5.74) is 5.71. The molecule has 0 bridgehead atoms. The smallest absolute Gasteiger partial charge is 0.243 e. The van der Waals surface area contributed by atoms with E-state index in [0.29, 0.717) is 11.7 Å². The molecule has 0 saturated carbocycles. The van der Waals surface area contributed by atoms with E-state index in [1.807, 2.05) is 13.8 Å². The SMILES string of the molecule is CC[C@H](N)c1nc(C(C)OC)no1. The highest BCUT2D eigenvalue weighted by Crippen LogP contribution is 2.15. The van der Waals surface area contributed by atoms with Crippen molar-refractivity contribution in [3.05, 3.63) is 11.7 Å². The van der Waals surface area contributed by atoms with Crippen LogP contribution in [0.3, 0.4) is 0 Å². The van der Waals surface area contributed by atoms with Crippen LogP contribution >= 0.6 is 0 Å². The van der Waals surface area contributed by atoms with Crippen LogP contribution in [0.1, 0.15) is 44.1 Å². The minimum absolute atomic E-state index is 0.151. The Morgan fingerprint density at radius 3 is 2.85 bits per heavy atom. The number of rotatable bonds is 4. The number of hydrogen-bond acceptors (Lipinski definition) is 5. The fourth-order valence-corrected chi connectivity index (χ4v) is 0.843. The topological polar surface area (TPSA) is 74.2 Å². The van der Waals surface area contributed by atoms with Gasteiger partial charge in [-0.25, -0.2) is 0 Å².